The van der Waals surface area contributed by atoms with Crippen molar-refractivity contribution in [2.24, 2.45) is 0 Å². The number of amides is 2. The topological polar surface area (TPSA) is 90.0 Å². The molecule has 0 radical (unpaired) electrons. The zero-order valence-corrected chi connectivity index (χ0v) is 21.9. The number of halogens is 1. The number of hydrogen-bond donors (Lipinski definition) is 1. The smallest absolute Gasteiger partial charge is 0.304 e. The third-order valence-corrected chi connectivity index (χ3v) is 8.24. The molecule has 0 aliphatic heterocycles. The van der Waals surface area contributed by atoms with Gasteiger partial charge in [0.15, 0.2) is 0 Å². The highest BCUT2D eigenvalue weighted by atomic mass is 32.2. The summed E-state index contributed by atoms with van der Waals surface area (Å²) < 4.78 is 41.9. The van der Waals surface area contributed by atoms with Crippen molar-refractivity contribution >= 4 is 27.7 Å². The largest absolute Gasteiger partial charge is 0.352 e. The van der Waals surface area contributed by atoms with Gasteiger partial charge in [-0.15, -0.1) is 0 Å². The first-order chi connectivity index (χ1) is 17.1. The van der Waals surface area contributed by atoms with Gasteiger partial charge in [-0.05, 0) is 49.1 Å². The molecule has 1 aliphatic rings. The molecule has 196 valence electrons. The number of nitrogens with one attached hydrogen (secondary N) is 1. The van der Waals surface area contributed by atoms with Crippen molar-refractivity contribution in [2.75, 3.05) is 24.9 Å². The Balaban J connectivity index is 1.94. The molecule has 2 aromatic rings. The second-order valence-corrected chi connectivity index (χ2v) is 11.3. The number of nitrogens with zero attached hydrogens (tertiary/aromatic N) is 3. The van der Waals surface area contributed by atoms with Crippen LogP contribution >= 0.6 is 0 Å². The lowest BCUT2D eigenvalue weighted by Gasteiger charge is -2.34. The molecule has 1 aliphatic carbocycles. The van der Waals surface area contributed by atoms with Gasteiger partial charge < -0.3 is 10.2 Å². The van der Waals surface area contributed by atoms with Crippen molar-refractivity contribution in [1.29, 1.82) is 0 Å². The second kappa shape index (κ2) is 12.3. The zero-order valence-electron chi connectivity index (χ0n) is 21.1. The lowest BCUT2D eigenvalue weighted by molar-refractivity contribution is -0.140. The van der Waals surface area contributed by atoms with E-state index in [4.69, 9.17) is 0 Å². The molecule has 1 fully saturated rings. The quantitative estimate of drug-likeness (QED) is 0.494. The summed E-state index contributed by atoms with van der Waals surface area (Å²) in [6, 6.07) is 13.3. The van der Waals surface area contributed by atoms with E-state index < -0.39 is 34.5 Å². The zero-order chi connectivity index (χ0) is 26.3. The summed E-state index contributed by atoms with van der Waals surface area (Å²) in [4.78, 5) is 28.4. The SMILES string of the molecule is CCC(C(=O)NC1CCCC1)N(Cc1ccc(F)cc1)C(=O)CN(c1ccccc1)S(=O)(=O)N(C)C. The molecule has 3 rings (SSSR count). The Morgan fingerprint density at radius 2 is 1.64 bits per heavy atom. The minimum Gasteiger partial charge on any atom is -0.352 e. The lowest BCUT2D eigenvalue weighted by Crippen LogP contribution is -2.54. The minimum atomic E-state index is -4.00. The van der Waals surface area contributed by atoms with Crippen LogP contribution in [0.5, 0.6) is 0 Å². The molecule has 36 heavy (non-hydrogen) atoms. The van der Waals surface area contributed by atoms with Gasteiger partial charge in [0, 0.05) is 26.7 Å². The fourth-order valence-electron chi connectivity index (χ4n) is 4.38. The molecular formula is C26H35FN4O4S. The molecule has 8 nitrogen and oxygen atoms in total. The highest BCUT2D eigenvalue weighted by molar-refractivity contribution is 7.90. The lowest BCUT2D eigenvalue weighted by atomic mass is 10.1. The van der Waals surface area contributed by atoms with Gasteiger partial charge in [0.05, 0.1) is 5.69 Å². The Morgan fingerprint density at radius 1 is 1.03 bits per heavy atom. The Hall–Kier alpha value is -2.98. The predicted octanol–water partition coefficient (Wildman–Crippen LogP) is 3.30. The third kappa shape index (κ3) is 6.82. The molecule has 2 amide bonds. The number of hydrogen-bond acceptors (Lipinski definition) is 4. The predicted molar refractivity (Wildman–Crippen MR) is 138 cm³/mol. The molecule has 0 bridgehead atoms. The van der Waals surface area contributed by atoms with E-state index in [2.05, 4.69) is 5.32 Å². The van der Waals surface area contributed by atoms with Crippen LogP contribution in [0.2, 0.25) is 0 Å². The highest BCUT2D eigenvalue weighted by Gasteiger charge is 2.34. The van der Waals surface area contributed by atoms with Gasteiger partial charge in [0.2, 0.25) is 11.8 Å². The van der Waals surface area contributed by atoms with Crippen LogP contribution in [-0.2, 0) is 26.3 Å². The highest BCUT2D eigenvalue weighted by Crippen LogP contribution is 2.22. The van der Waals surface area contributed by atoms with Crippen LogP contribution in [0.4, 0.5) is 10.1 Å². The van der Waals surface area contributed by atoms with Gasteiger partial charge in [0.25, 0.3) is 0 Å². The molecule has 1 N–H and O–H groups in total. The number of benzene rings is 2. The summed E-state index contributed by atoms with van der Waals surface area (Å²) in [7, 11) is -1.20. The van der Waals surface area contributed by atoms with Crippen molar-refractivity contribution in [3.63, 3.8) is 0 Å². The van der Waals surface area contributed by atoms with Gasteiger partial charge in [-0.25, -0.2) is 8.70 Å². The van der Waals surface area contributed by atoms with Crippen molar-refractivity contribution < 1.29 is 22.4 Å². The van der Waals surface area contributed by atoms with Gasteiger partial charge in [-0.1, -0.05) is 50.1 Å². The molecule has 10 heteroatoms. The van der Waals surface area contributed by atoms with Crippen LogP contribution in [-0.4, -0.2) is 62.2 Å². The normalized spacial score (nSPS) is 15.0. The van der Waals surface area contributed by atoms with Gasteiger partial charge in [-0.3, -0.25) is 9.59 Å². The van der Waals surface area contributed by atoms with E-state index in [1.54, 1.807) is 42.5 Å². The molecule has 0 spiro atoms. The summed E-state index contributed by atoms with van der Waals surface area (Å²) in [6.07, 6.45) is 4.24. The van der Waals surface area contributed by atoms with E-state index in [0.717, 1.165) is 34.3 Å². The van der Waals surface area contributed by atoms with E-state index in [-0.39, 0.29) is 18.5 Å². The van der Waals surface area contributed by atoms with Gasteiger partial charge in [0.1, 0.15) is 18.4 Å². The first kappa shape index (κ1) is 27.6. The van der Waals surface area contributed by atoms with Crippen LogP contribution in [0.15, 0.2) is 54.6 Å². The van der Waals surface area contributed by atoms with E-state index in [9.17, 15) is 22.4 Å². The molecule has 0 saturated heterocycles. The number of anilines is 1. The van der Waals surface area contributed by atoms with Crippen LogP contribution in [0.25, 0.3) is 0 Å². The molecular weight excluding hydrogens is 483 g/mol. The summed E-state index contributed by atoms with van der Waals surface area (Å²) in [6.45, 7) is 1.37. The monoisotopic (exact) mass is 518 g/mol. The average molecular weight is 519 g/mol. The number of carbonyl (C=O) groups is 2. The molecule has 2 aromatic carbocycles. The van der Waals surface area contributed by atoms with Crippen LogP contribution < -0.4 is 9.62 Å². The maximum Gasteiger partial charge on any atom is 0.304 e. The Kier molecular flexibility index (Phi) is 9.44. The third-order valence-electron chi connectivity index (χ3n) is 6.42. The number of carbonyl (C=O) groups excluding carboxylic acids is 2. The molecule has 1 atom stereocenters. The fraction of sp³-hybridized carbons (Fsp3) is 0.462. The van der Waals surface area contributed by atoms with Crippen molar-refractivity contribution in [2.45, 2.75) is 57.7 Å². The first-order valence-corrected chi connectivity index (χ1v) is 13.6. The molecule has 1 unspecified atom stereocenters. The standard InChI is InChI=1S/C26H35FN4O4S/c1-4-24(26(33)28-22-10-8-9-11-22)30(18-20-14-16-21(27)17-15-20)25(32)19-31(36(34,35)29(2)3)23-12-6-5-7-13-23/h5-7,12-17,22,24H,4,8-11,18-19H2,1-3H3,(H,28,33). The molecule has 1 saturated carbocycles. The minimum absolute atomic E-state index is 0.0420. The first-order valence-electron chi connectivity index (χ1n) is 12.2. The van der Waals surface area contributed by atoms with Crippen LogP contribution in [0.1, 0.15) is 44.6 Å². The second-order valence-electron chi connectivity index (χ2n) is 9.19. The van der Waals surface area contributed by atoms with E-state index >= 15 is 0 Å². The molecule has 0 heterocycles. The van der Waals surface area contributed by atoms with Crippen LogP contribution in [0, 0.1) is 5.82 Å². The summed E-state index contributed by atoms with van der Waals surface area (Å²) >= 11 is 0. The summed E-state index contributed by atoms with van der Waals surface area (Å²) in [5.41, 5.74) is 0.975. The fourth-order valence-corrected chi connectivity index (χ4v) is 5.44. The van der Waals surface area contributed by atoms with E-state index in [1.165, 1.54) is 31.1 Å². The maximum atomic E-state index is 13.8. The van der Waals surface area contributed by atoms with E-state index in [1.807, 2.05) is 6.92 Å². The van der Waals surface area contributed by atoms with Gasteiger partial charge >= 0.3 is 10.2 Å². The maximum absolute atomic E-state index is 13.8. The number of rotatable bonds is 11. The van der Waals surface area contributed by atoms with Gasteiger partial charge in [-0.2, -0.15) is 12.7 Å². The van der Waals surface area contributed by atoms with Crippen molar-refractivity contribution in [3.05, 3.63) is 66.0 Å². The summed E-state index contributed by atoms with van der Waals surface area (Å²) in [5, 5.41) is 3.06. The average Bonchev–Trinajstić information content (AvgIpc) is 3.36. The van der Waals surface area contributed by atoms with Crippen molar-refractivity contribution in [3.8, 4) is 0 Å². The summed E-state index contributed by atoms with van der Waals surface area (Å²) in [5.74, 6) is -1.20. The van der Waals surface area contributed by atoms with Crippen LogP contribution in [0.3, 0.4) is 0 Å². The Labute approximate surface area is 213 Å². The number of para-hydroxylation sites is 1. The molecule has 0 aromatic heterocycles. The Morgan fingerprint density at radius 3 is 2.19 bits per heavy atom. The van der Waals surface area contributed by atoms with Crippen molar-refractivity contribution in [1.82, 2.24) is 14.5 Å². The Bertz CT molecular complexity index is 1120. The van der Waals surface area contributed by atoms with E-state index in [0.29, 0.717) is 17.7 Å².